The van der Waals surface area contributed by atoms with Gasteiger partial charge in [-0.2, -0.15) is 0 Å². The minimum Gasteiger partial charge on any atom is -0.494 e. The topological polar surface area (TPSA) is 150 Å². The van der Waals surface area contributed by atoms with Crippen molar-refractivity contribution in [3.05, 3.63) is 86.9 Å². The maximum Gasteiger partial charge on any atom is 0.412 e. The molecular weight excluding hydrogens is 827 g/mol. The minimum atomic E-state index is -1.09. The summed E-state index contributed by atoms with van der Waals surface area (Å²) in [5.74, 6) is -0.773. The van der Waals surface area contributed by atoms with Crippen molar-refractivity contribution < 1.29 is 52.7 Å². The van der Waals surface area contributed by atoms with Gasteiger partial charge in [-0.25, -0.2) is 4.79 Å². The number of aryl methyl sites for hydroxylation is 2. The fourth-order valence-electron chi connectivity index (χ4n) is 7.36. The van der Waals surface area contributed by atoms with Gasteiger partial charge in [0.1, 0.15) is 24.7 Å². The molecule has 2 amide bonds. The highest BCUT2D eigenvalue weighted by Gasteiger charge is 2.43. The number of carbonyl (C=O) groups excluding carboxylic acids is 3. The molecule has 332 valence electrons. The van der Waals surface area contributed by atoms with Gasteiger partial charge in [0, 0.05) is 53.2 Å². The van der Waals surface area contributed by atoms with Crippen LogP contribution in [0, 0.1) is 18.3 Å². The molecule has 0 bridgehead atoms. The first-order valence-electron chi connectivity index (χ1n) is 20.8. The van der Waals surface area contributed by atoms with Crippen molar-refractivity contribution in [3.63, 3.8) is 0 Å². The second kappa shape index (κ2) is 21.9. The Bertz CT molecular complexity index is 1970. The van der Waals surface area contributed by atoms with E-state index in [-0.39, 0.29) is 44.2 Å². The van der Waals surface area contributed by atoms with Crippen molar-refractivity contribution >= 4 is 47.1 Å². The van der Waals surface area contributed by atoms with Crippen molar-refractivity contribution in [2.75, 3.05) is 46.6 Å². The fourth-order valence-corrected chi connectivity index (χ4v) is 8.07. The van der Waals surface area contributed by atoms with E-state index in [4.69, 9.17) is 51.6 Å². The van der Waals surface area contributed by atoms with Gasteiger partial charge in [-0.15, -0.1) is 0 Å². The molecule has 2 fully saturated rings. The molecule has 3 aromatic rings. The van der Waals surface area contributed by atoms with E-state index in [0.717, 1.165) is 47.9 Å². The minimum absolute atomic E-state index is 0.0278. The highest BCUT2D eigenvalue weighted by atomic mass is 35.5. The third kappa shape index (κ3) is 13.9. The number of halogens is 2. The van der Waals surface area contributed by atoms with E-state index in [1.807, 2.05) is 48.2 Å². The molecule has 3 atom stereocenters. The predicted molar refractivity (Wildman–Crippen MR) is 231 cm³/mol. The normalized spacial score (nSPS) is 17.0. The molecule has 0 radical (unpaired) electrons. The first-order valence-corrected chi connectivity index (χ1v) is 21.5. The van der Waals surface area contributed by atoms with E-state index < -0.39 is 35.7 Å². The number of piperidine rings is 1. The number of carboxylic acid groups (broad SMARTS) is 1. The number of benzene rings is 3. The third-order valence-electron chi connectivity index (χ3n) is 10.9. The summed E-state index contributed by atoms with van der Waals surface area (Å²) in [4.78, 5) is 55.0. The highest BCUT2D eigenvalue weighted by Crippen LogP contribution is 2.39. The molecular formula is C46H58Cl2N2O11. The number of amides is 2. The van der Waals surface area contributed by atoms with E-state index in [1.165, 1.54) is 18.7 Å². The SMILES string of the molecule is COCCCc1cc(CN(C(=O)[C@H]2CN(C(=O)OC(C)OC(C)=O)CC[C@@H]2c2ccc(OCCOc3c(Cl)cc(C)cc3Cl)cc2)C2CC2)cc(OCCC(C)(C)C(=O)O)c1. The summed E-state index contributed by atoms with van der Waals surface area (Å²) in [6, 6.07) is 17.2. The maximum absolute atomic E-state index is 15.0. The Kier molecular flexibility index (Phi) is 17.0. The van der Waals surface area contributed by atoms with Crippen LogP contribution < -0.4 is 14.2 Å². The van der Waals surface area contributed by atoms with Gasteiger partial charge in [-0.05, 0) is 124 Å². The Morgan fingerprint density at radius 3 is 2.16 bits per heavy atom. The lowest BCUT2D eigenvalue weighted by atomic mass is 9.79. The largest absolute Gasteiger partial charge is 0.494 e. The van der Waals surface area contributed by atoms with Crippen LogP contribution in [0.5, 0.6) is 17.2 Å². The monoisotopic (exact) mass is 884 g/mol. The molecule has 2 aliphatic rings. The number of likely N-dealkylation sites (tertiary alicyclic amines) is 1. The molecule has 1 N–H and O–H groups in total. The van der Waals surface area contributed by atoms with E-state index in [2.05, 4.69) is 6.07 Å². The molecule has 0 spiro atoms. The molecule has 61 heavy (non-hydrogen) atoms. The summed E-state index contributed by atoms with van der Waals surface area (Å²) in [6.45, 7) is 9.96. The molecule has 3 aromatic carbocycles. The fraction of sp³-hybridized carbons (Fsp3) is 0.522. The summed E-state index contributed by atoms with van der Waals surface area (Å²) in [5.41, 5.74) is 2.82. The lowest BCUT2D eigenvalue weighted by molar-refractivity contribution is -0.163. The van der Waals surface area contributed by atoms with Crippen LogP contribution in [0.4, 0.5) is 4.79 Å². The number of methoxy groups -OCH3 is 1. The third-order valence-corrected chi connectivity index (χ3v) is 11.4. The first-order chi connectivity index (χ1) is 29.0. The average molecular weight is 886 g/mol. The average Bonchev–Trinajstić information content (AvgIpc) is 4.04. The van der Waals surface area contributed by atoms with Crippen molar-refractivity contribution in [1.29, 1.82) is 0 Å². The highest BCUT2D eigenvalue weighted by molar-refractivity contribution is 6.37. The number of hydrogen-bond donors (Lipinski definition) is 1. The number of nitrogens with zero attached hydrogens (tertiary/aromatic N) is 2. The lowest BCUT2D eigenvalue weighted by Crippen LogP contribution is -2.50. The molecule has 1 unspecified atom stereocenters. The van der Waals surface area contributed by atoms with Crippen molar-refractivity contribution in [2.24, 2.45) is 11.3 Å². The zero-order valence-electron chi connectivity index (χ0n) is 35.9. The van der Waals surface area contributed by atoms with E-state index in [9.17, 15) is 24.3 Å². The number of esters is 1. The Balaban J connectivity index is 1.35. The van der Waals surface area contributed by atoms with Gasteiger partial charge in [0.15, 0.2) is 5.75 Å². The number of aliphatic carboxylic acids is 1. The van der Waals surface area contributed by atoms with Gasteiger partial charge in [0.05, 0.1) is 28.0 Å². The Hall–Kier alpha value is -4.72. The molecule has 5 rings (SSSR count). The molecule has 1 heterocycles. The number of hydrogen-bond acceptors (Lipinski definition) is 10. The zero-order chi connectivity index (χ0) is 44.3. The molecule has 1 saturated carbocycles. The molecule has 15 heteroatoms. The predicted octanol–water partition coefficient (Wildman–Crippen LogP) is 8.86. The van der Waals surface area contributed by atoms with Crippen LogP contribution in [0.25, 0.3) is 0 Å². The Morgan fingerprint density at radius 1 is 0.869 bits per heavy atom. The first kappa shape index (κ1) is 47.3. The standard InChI is InChI=1S/C46H58Cl2N2O11/c1-29-22-40(47)42(41(48)23-29)59-21-20-58-36-13-9-34(10-14-36)38-15-17-49(45(55)61-31(3)60-30(2)51)28-39(38)43(52)50(35-11-12-35)27-33-24-32(8-7-18-56-6)25-37(26-33)57-19-16-46(4,5)44(53)54/h9-10,13-14,22-26,31,35,38-39H,7-8,11-12,15-21,27-28H2,1-6H3,(H,53,54)/t31?,38-,39+/m1/s1. The number of ether oxygens (including phenoxy) is 6. The summed E-state index contributed by atoms with van der Waals surface area (Å²) in [6.07, 6.45) is 2.27. The molecule has 1 saturated heterocycles. The summed E-state index contributed by atoms with van der Waals surface area (Å²) in [7, 11) is 1.66. The van der Waals surface area contributed by atoms with Crippen molar-refractivity contribution in [2.45, 2.75) is 97.9 Å². The quantitative estimate of drug-likeness (QED) is 0.0621. The van der Waals surface area contributed by atoms with Crippen molar-refractivity contribution in [3.8, 4) is 17.2 Å². The zero-order valence-corrected chi connectivity index (χ0v) is 37.4. The van der Waals surface area contributed by atoms with Crippen LogP contribution in [-0.4, -0.2) is 97.8 Å². The van der Waals surface area contributed by atoms with Crippen LogP contribution in [0.2, 0.25) is 10.0 Å². The number of carbonyl (C=O) groups is 4. The van der Waals surface area contributed by atoms with Crippen LogP contribution >= 0.6 is 23.2 Å². The summed E-state index contributed by atoms with van der Waals surface area (Å²) < 4.78 is 33.7. The smallest absolute Gasteiger partial charge is 0.412 e. The van der Waals surface area contributed by atoms with Gasteiger partial charge >= 0.3 is 18.0 Å². The van der Waals surface area contributed by atoms with Crippen LogP contribution in [0.3, 0.4) is 0 Å². The van der Waals surface area contributed by atoms with Gasteiger partial charge in [-0.1, -0.05) is 41.4 Å². The molecule has 13 nitrogen and oxygen atoms in total. The Labute approximate surface area is 368 Å². The molecule has 0 aromatic heterocycles. The lowest BCUT2D eigenvalue weighted by Gasteiger charge is -2.40. The van der Waals surface area contributed by atoms with Gasteiger partial charge in [0.2, 0.25) is 12.2 Å². The summed E-state index contributed by atoms with van der Waals surface area (Å²) in [5, 5.41) is 10.5. The van der Waals surface area contributed by atoms with Crippen LogP contribution in [-0.2, 0) is 41.6 Å². The van der Waals surface area contributed by atoms with E-state index >= 15 is 0 Å². The number of rotatable bonds is 21. The van der Waals surface area contributed by atoms with Crippen LogP contribution in [0.15, 0.2) is 54.6 Å². The van der Waals surface area contributed by atoms with Gasteiger partial charge in [0.25, 0.3) is 0 Å². The van der Waals surface area contributed by atoms with Gasteiger partial charge in [-0.3, -0.25) is 14.4 Å². The summed E-state index contributed by atoms with van der Waals surface area (Å²) >= 11 is 12.7. The second-order valence-electron chi connectivity index (χ2n) is 16.4. The van der Waals surface area contributed by atoms with Crippen LogP contribution in [0.1, 0.15) is 88.0 Å². The second-order valence-corrected chi connectivity index (χ2v) is 17.2. The van der Waals surface area contributed by atoms with E-state index in [0.29, 0.717) is 59.8 Å². The van der Waals surface area contributed by atoms with Crippen molar-refractivity contribution in [1.82, 2.24) is 9.80 Å². The molecule has 1 aliphatic carbocycles. The van der Waals surface area contributed by atoms with Gasteiger partial charge < -0.3 is 43.3 Å². The number of carboxylic acids is 1. The van der Waals surface area contributed by atoms with E-state index in [1.54, 1.807) is 33.1 Å². The Morgan fingerprint density at radius 2 is 1.52 bits per heavy atom. The maximum atomic E-state index is 15.0. The molecule has 1 aliphatic heterocycles.